The van der Waals surface area contributed by atoms with Gasteiger partial charge in [-0.3, -0.25) is 9.59 Å². The molecule has 0 radical (unpaired) electrons. The Labute approximate surface area is 199 Å². The lowest BCUT2D eigenvalue weighted by molar-refractivity contribution is -0.106. The van der Waals surface area contributed by atoms with Crippen molar-refractivity contribution < 1.29 is 9.59 Å². The normalized spacial score (nSPS) is 9.73. The molecule has 0 aliphatic heterocycles. The molecule has 166 valence electrons. The van der Waals surface area contributed by atoms with Gasteiger partial charge in [0.25, 0.3) is 0 Å². The van der Waals surface area contributed by atoms with Crippen molar-refractivity contribution in [2.24, 2.45) is 0 Å². The van der Waals surface area contributed by atoms with Gasteiger partial charge in [-0.15, -0.1) is 11.3 Å². The Kier molecular flexibility index (Phi) is 9.33. The summed E-state index contributed by atoms with van der Waals surface area (Å²) in [6, 6.07) is 17.1. The van der Waals surface area contributed by atoms with Crippen LogP contribution < -0.4 is 10.6 Å². The summed E-state index contributed by atoms with van der Waals surface area (Å²) in [6.07, 6.45) is 7.13. The van der Waals surface area contributed by atoms with E-state index in [1.165, 1.54) is 24.8 Å². The number of aryl methyl sites for hydroxylation is 1. The molecule has 1 heterocycles. The Balaban J connectivity index is 1.80. The number of carbonyl (C=O) groups is 2. The van der Waals surface area contributed by atoms with Gasteiger partial charge in [-0.1, -0.05) is 49.9 Å². The largest absolute Gasteiger partial charge is 0.329 e. The number of hydrogen-bond acceptors (Lipinski definition) is 3. The second-order valence-electron chi connectivity index (χ2n) is 7.45. The number of amides is 2. The third kappa shape index (κ3) is 7.68. The predicted molar refractivity (Wildman–Crippen MR) is 136 cm³/mol. The van der Waals surface area contributed by atoms with Gasteiger partial charge in [0.15, 0.2) is 0 Å². The van der Waals surface area contributed by atoms with Crippen LogP contribution in [-0.2, 0) is 16.0 Å². The predicted octanol–water partition coefficient (Wildman–Crippen LogP) is 5.81. The molecule has 4 nitrogen and oxygen atoms in total. The first kappa shape index (κ1) is 23.9. The average molecular weight is 455 g/mol. The fourth-order valence-electron chi connectivity index (χ4n) is 3.22. The number of thiophene rings is 1. The molecule has 2 N–H and O–H groups in total. The van der Waals surface area contributed by atoms with Gasteiger partial charge in [0.05, 0.1) is 9.75 Å². The zero-order chi connectivity index (χ0) is 23.3. The van der Waals surface area contributed by atoms with E-state index in [4.69, 9.17) is 0 Å². The zero-order valence-corrected chi connectivity index (χ0v) is 19.4. The first-order valence-corrected chi connectivity index (χ1v) is 11.8. The second-order valence-corrected chi connectivity index (χ2v) is 8.51. The van der Waals surface area contributed by atoms with E-state index in [0.29, 0.717) is 12.8 Å². The zero-order valence-electron chi connectivity index (χ0n) is 18.6. The van der Waals surface area contributed by atoms with Gasteiger partial charge in [-0.2, -0.15) is 0 Å². The van der Waals surface area contributed by atoms with Crippen molar-refractivity contribution in [1.29, 1.82) is 0 Å². The van der Waals surface area contributed by atoms with Crippen LogP contribution in [0.1, 0.15) is 59.1 Å². The van der Waals surface area contributed by atoms with Crippen molar-refractivity contribution in [3.8, 4) is 23.7 Å². The lowest BCUT2D eigenvalue weighted by Crippen LogP contribution is -1.92. The Morgan fingerprint density at radius 3 is 1.88 bits per heavy atom. The Bertz CT molecular complexity index is 1190. The van der Waals surface area contributed by atoms with Gasteiger partial charge in [0.2, 0.25) is 12.8 Å². The maximum atomic E-state index is 10.6. The van der Waals surface area contributed by atoms with Crippen molar-refractivity contribution in [1.82, 2.24) is 0 Å². The van der Waals surface area contributed by atoms with Gasteiger partial charge in [-0.25, -0.2) is 0 Å². The van der Waals surface area contributed by atoms with Crippen LogP contribution in [-0.4, -0.2) is 12.8 Å². The topological polar surface area (TPSA) is 58.2 Å². The van der Waals surface area contributed by atoms with Crippen LogP contribution in [0.25, 0.3) is 0 Å². The van der Waals surface area contributed by atoms with Crippen molar-refractivity contribution in [3.63, 3.8) is 0 Å². The van der Waals surface area contributed by atoms with E-state index >= 15 is 0 Å². The van der Waals surface area contributed by atoms with Crippen LogP contribution in [0.2, 0.25) is 0 Å². The number of nitrogens with one attached hydrogen (secondary N) is 2. The number of unbranched alkanes of at least 4 members (excludes halogenated alkanes) is 3. The molecule has 2 amide bonds. The lowest BCUT2D eigenvalue weighted by atomic mass is 10.1. The molecule has 33 heavy (non-hydrogen) atoms. The first-order valence-electron chi connectivity index (χ1n) is 11.0. The van der Waals surface area contributed by atoms with Crippen LogP contribution >= 0.6 is 11.3 Å². The molecule has 0 spiro atoms. The van der Waals surface area contributed by atoms with Crippen molar-refractivity contribution >= 4 is 35.5 Å². The van der Waals surface area contributed by atoms with E-state index in [0.717, 1.165) is 45.1 Å². The summed E-state index contributed by atoms with van der Waals surface area (Å²) in [4.78, 5) is 23.1. The summed E-state index contributed by atoms with van der Waals surface area (Å²) in [5.41, 5.74) is 4.52. The molecule has 0 bridgehead atoms. The van der Waals surface area contributed by atoms with E-state index in [1.807, 2.05) is 48.5 Å². The van der Waals surface area contributed by atoms with Crippen LogP contribution in [0.4, 0.5) is 11.4 Å². The van der Waals surface area contributed by atoms with E-state index < -0.39 is 0 Å². The van der Waals surface area contributed by atoms with E-state index in [-0.39, 0.29) is 0 Å². The SMILES string of the molecule is CCCCCCc1cc(C#Cc2ccc(NC=O)cc2)sc1C#Cc1ccc(NC=O)cc1. The highest BCUT2D eigenvalue weighted by Crippen LogP contribution is 2.24. The molecule has 1 aromatic heterocycles. The van der Waals surface area contributed by atoms with Crippen LogP contribution in [0.5, 0.6) is 0 Å². The summed E-state index contributed by atoms with van der Waals surface area (Å²) >= 11 is 1.62. The summed E-state index contributed by atoms with van der Waals surface area (Å²) in [7, 11) is 0. The number of hydrogen-bond donors (Lipinski definition) is 2. The first-order chi connectivity index (χ1) is 16.2. The van der Waals surface area contributed by atoms with Crippen molar-refractivity contribution in [2.45, 2.75) is 39.0 Å². The monoisotopic (exact) mass is 454 g/mol. The summed E-state index contributed by atoms with van der Waals surface area (Å²) in [5.74, 6) is 13.0. The molecule has 0 unspecified atom stereocenters. The van der Waals surface area contributed by atoms with Gasteiger partial charge < -0.3 is 10.6 Å². The van der Waals surface area contributed by atoms with E-state index in [1.54, 1.807) is 11.3 Å². The number of rotatable bonds is 9. The molecule has 0 aliphatic rings. The van der Waals surface area contributed by atoms with Gasteiger partial charge in [0.1, 0.15) is 0 Å². The third-order valence-electron chi connectivity index (χ3n) is 4.98. The lowest BCUT2D eigenvalue weighted by Gasteiger charge is -1.99. The maximum Gasteiger partial charge on any atom is 0.211 e. The molecule has 0 aliphatic carbocycles. The standard InChI is InChI=1S/C28H26N2O2S/c1-2-3-4-5-6-24-19-27(17-11-22-7-13-25(14-8-22)29-20-31)33-28(24)18-12-23-9-15-26(16-10-23)30-21-32/h7-10,13-16,19-21H,2-6H2,1H3,(H,29,31)(H,30,32). The van der Waals surface area contributed by atoms with E-state index in [2.05, 4.69) is 47.3 Å². The van der Waals surface area contributed by atoms with Crippen LogP contribution in [0.3, 0.4) is 0 Å². The second kappa shape index (κ2) is 12.9. The summed E-state index contributed by atoms with van der Waals surface area (Å²) in [6.45, 7) is 2.21. The molecule has 3 aromatic rings. The minimum Gasteiger partial charge on any atom is -0.329 e. The smallest absolute Gasteiger partial charge is 0.211 e. The highest BCUT2D eigenvalue weighted by atomic mass is 32.1. The number of carbonyl (C=O) groups excluding carboxylic acids is 2. The molecule has 3 rings (SSSR count). The highest BCUT2D eigenvalue weighted by Gasteiger charge is 2.06. The average Bonchev–Trinajstić information content (AvgIpc) is 3.23. The van der Waals surface area contributed by atoms with Gasteiger partial charge in [-0.05, 0) is 73.0 Å². The Morgan fingerprint density at radius 1 is 0.758 bits per heavy atom. The fraction of sp³-hybridized carbons (Fsp3) is 0.214. The Morgan fingerprint density at radius 2 is 1.33 bits per heavy atom. The molecular weight excluding hydrogens is 428 g/mol. The molecule has 2 aromatic carbocycles. The molecule has 0 saturated heterocycles. The van der Waals surface area contributed by atoms with Crippen molar-refractivity contribution in [3.05, 3.63) is 81.0 Å². The fourth-order valence-corrected chi connectivity index (χ4v) is 4.14. The summed E-state index contributed by atoms with van der Waals surface area (Å²) in [5, 5.41) is 5.25. The number of benzene rings is 2. The van der Waals surface area contributed by atoms with Gasteiger partial charge in [0, 0.05) is 22.5 Å². The molecule has 0 fully saturated rings. The minimum atomic E-state index is 0.660. The van der Waals surface area contributed by atoms with Crippen LogP contribution in [0, 0.1) is 23.7 Å². The molecule has 0 atom stereocenters. The third-order valence-corrected chi connectivity index (χ3v) is 5.99. The molecule has 5 heteroatoms. The highest BCUT2D eigenvalue weighted by molar-refractivity contribution is 7.13. The van der Waals surface area contributed by atoms with Crippen LogP contribution in [0.15, 0.2) is 54.6 Å². The Hall–Kier alpha value is -3.80. The molecule has 0 saturated carbocycles. The quantitative estimate of drug-likeness (QED) is 0.244. The summed E-state index contributed by atoms with van der Waals surface area (Å²) < 4.78 is 0. The maximum absolute atomic E-state index is 10.6. The number of anilines is 2. The van der Waals surface area contributed by atoms with Gasteiger partial charge >= 0.3 is 0 Å². The molecular formula is C28H26N2O2S. The van der Waals surface area contributed by atoms with E-state index in [9.17, 15) is 9.59 Å². The van der Waals surface area contributed by atoms with Crippen molar-refractivity contribution in [2.75, 3.05) is 10.6 Å². The minimum absolute atomic E-state index is 0.660.